The topological polar surface area (TPSA) is 38.8 Å². The van der Waals surface area contributed by atoms with Crippen LogP contribution in [0, 0.1) is 0 Å². The van der Waals surface area contributed by atoms with E-state index in [-0.39, 0.29) is 11.3 Å². The Bertz CT molecular complexity index is 456. The molecule has 1 heterocycles. The van der Waals surface area contributed by atoms with E-state index in [1.54, 1.807) is 26.0 Å². The van der Waals surface area contributed by atoms with Gasteiger partial charge in [-0.2, -0.15) is 0 Å². The van der Waals surface area contributed by atoms with Crippen molar-refractivity contribution < 1.29 is 14.3 Å². The number of hydrogen-bond acceptors (Lipinski definition) is 4. The summed E-state index contributed by atoms with van der Waals surface area (Å²) >= 11 is 1.79. The fourth-order valence-electron chi connectivity index (χ4n) is 2.33. The first kappa shape index (κ1) is 15.0. The van der Waals surface area contributed by atoms with Crippen molar-refractivity contribution in [3.8, 4) is 11.5 Å². The van der Waals surface area contributed by atoms with E-state index in [2.05, 4.69) is 0 Å². The van der Waals surface area contributed by atoms with E-state index in [1.807, 2.05) is 30.0 Å². The van der Waals surface area contributed by atoms with Gasteiger partial charge in [0.25, 0.3) is 0 Å². The number of ether oxygens (including phenoxy) is 2. The maximum Gasteiger partial charge on any atom is 0.223 e. The summed E-state index contributed by atoms with van der Waals surface area (Å²) in [6, 6.07) is 5.82. The first-order chi connectivity index (χ1) is 9.69. The van der Waals surface area contributed by atoms with Crippen LogP contribution in [0.5, 0.6) is 11.5 Å². The number of thioether (sulfide) groups is 1. The van der Waals surface area contributed by atoms with Gasteiger partial charge in [-0.3, -0.25) is 4.79 Å². The van der Waals surface area contributed by atoms with Gasteiger partial charge in [0, 0.05) is 24.8 Å². The summed E-state index contributed by atoms with van der Waals surface area (Å²) in [5, 5.41) is 0.0676. The van der Waals surface area contributed by atoms with E-state index in [0.29, 0.717) is 6.42 Å². The van der Waals surface area contributed by atoms with Crippen molar-refractivity contribution >= 4 is 17.7 Å². The lowest BCUT2D eigenvalue weighted by atomic mass is 10.1. The molecule has 20 heavy (non-hydrogen) atoms. The van der Waals surface area contributed by atoms with Crippen LogP contribution >= 0.6 is 11.8 Å². The molecule has 0 radical (unpaired) electrons. The van der Waals surface area contributed by atoms with Crippen LogP contribution in [0.2, 0.25) is 0 Å². The van der Waals surface area contributed by atoms with Gasteiger partial charge in [-0.15, -0.1) is 11.8 Å². The summed E-state index contributed by atoms with van der Waals surface area (Å²) in [6.07, 6.45) is 1.49. The lowest BCUT2D eigenvalue weighted by Crippen LogP contribution is -2.30. The monoisotopic (exact) mass is 295 g/mol. The highest BCUT2D eigenvalue weighted by atomic mass is 32.2. The van der Waals surface area contributed by atoms with Crippen LogP contribution in [0.3, 0.4) is 0 Å². The summed E-state index contributed by atoms with van der Waals surface area (Å²) in [6.45, 7) is 2.85. The molecule has 110 valence electrons. The highest BCUT2D eigenvalue weighted by molar-refractivity contribution is 7.99. The molecule has 1 aliphatic rings. The van der Waals surface area contributed by atoms with Gasteiger partial charge in [0.1, 0.15) is 16.9 Å². The number of carbonyl (C=O) groups excluding carboxylic acids is 1. The molecule has 1 aromatic carbocycles. The third kappa shape index (κ3) is 3.20. The minimum atomic E-state index is 0.0676. The van der Waals surface area contributed by atoms with Gasteiger partial charge in [0.15, 0.2) is 0 Å². The third-order valence-electron chi connectivity index (χ3n) is 3.33. The number of methoxy groups -OCH3 is 2. The molecule has 1 aromatic rings. The Morgan fingerprint density at radius 2 is 1.95 bits per heavy atom. The second-order valence-electron chi connectivity index (χ2n) is 4.71. The van der Waals surface area contributed by atoms with Crippen molar-refractivity contribution in [2.45, 2.75) is 25.1 Å². The molecule has 0 aliphatic carbocycles. The van der Waals surface area contributed by atoms with Crippen molar-refractivity contribution in [2.24, 2.45) is 0 Å². The molecule has 1 atom stereocenters. The van der Waals surface area contributed by atoms with E-state index >= 15 is 0 Å². The molecule has 4 nitrogen and oxygen atoms in total. The standard InChI is InChI=1S/C15H21NO3S/c1-4-5-14(17)16-6-7-20-15(16)11-8-12(18-2)10-13(9-11)19-3/h8-10,15H,4-7H2,1-3H3/t15-/m1/s1. The fourth-order valence-corrected chi connectivity index (χ4v) is 3.59. The molecule has 1 fully saturated rings. The zero-order chi connectivity index (χ0) is 14.5. The first-order valence-electron chi connectivity index (χ1n) is 6.83. The van der Waals surface area contributed by atoms with Crippen LogP contribution in [0.1, 0.15) is 30.7 Å². The molecular formula is C15H21NO3S. The van der Waals surface area contributed by atoms with Crippen LogP contribution in [-0.4, -0.2) is 37.3 Å². The summed E-state index contributed by atoms with van der Waals surface area (Å²) in [5.41, 5.74) is 1.06. The summed E-state index contributed by atoms with van der Waals surface area (Å²) in [7, 11) is 3.28. The van der Waals surface area contributed by atoms with Gasteiger partial charge in [-0.1, -0.05) is 6.92 Å². The molecule has 0 unspecified atom stereocenters. The first-order valence-corrected chi connectivity index (χ1v) is 7.88. The van der Waals surface area contributed by atoms with E-state index in [1.165, 1.54) is 0 Å². The lowest BCUT2D eigenvalue weighted by Gasteiger charge is -2.24. The Kier molecular flexibility index (Phi) is 5.17. The number of amides is 1. The maximum atomic E-state index is 12.2. The predicted molar refractivity (Wildman–Crippen MR) is 81.4 cm³/mol. The normalized spacial score (nSPS) is 18.1. The van der Waals surface area contributed by atoms with Crippen molar-refractivity contribution in [1.82, 2.24) is 4.90 Å². The summed E-state index contributed by atoms with van der Waals surface area (Å²) in [5.74, 6) is 2.72. The second-order valence-corrected chi connectivity index (χ2v) is 5.89. The zero-order valence-corrected chi connectivity index (χ0v) is 13.0. The fraction of sp³-hybridized carbons (Fsp3) is 0.533. The molecule has 0 aromatic heterocycles. The molecule has 1 aliphatic heterocycles. The minimum absolute atomic E-state index is 0.0676. The van der Waals surface area contributed by atoms with Crippen LogP contribution in [-0.2, 0) is 4.79 Å². The third-order valence-corrected chi connectivity index (χ3v) is 4.59. The van der Waals surface area contributed by atoms with Gasteiger partial charge < -0.3 is 14.4 Å². The largest absolute Gasteiger partial charge is 0.497 e. The molecule has 0 bridgehead atoms. The number of nitrogens with zero attached hydrogens (tertiary/aromatic N) is 1. The Balaban J connectivity index is 2.27. The number of hydrogen-bond donors (Lipinski definition) is 0. The smallest absolute Gasteiger partial charge is 0.223 e. The highest BCUT2D eigenvalue weighted by Crippen LogP contribution is 2.40. The van der Waals surface area contributed by atoms with Crippen LogP contribution < -0.4 is 9.47 Å². The van der Waals surface area contributed by atoms with Crippen LogP contribution in [0.25, 0.3) is 0 Å². The minimum Gasteiger partial charge on any atom is -0.497 e. The molecule has 0 saturated carbocycles. The van der Waals surface area contributed by atoms with Crippen LogP contribution in [0.15, 0.2) is 18.2 Å². The van der Waals surface area contributed by atoms with Gasteiger partial charge in [-0.05, 0) is 24.1 Å². The molecule has 5 heteroatoms. The lowest BCUT2D eigenvalue weighted by molar-refractivity contribution is -0.131. The zero-order valence-electron chi connectivity index (χ0n) is 12.2. The predicted octanol–water partition coefficient (Wildman–Crippen LogP) is 3.08. The van der Waals surface area contributed by atoms with E-state index in [9.17, 15) is 4.79 Å². The van der Waals surface area contributed by atoms with Crippen molar-refractivity contribution in [1.29, 1.82) is 0 Å². The molecule has 2 rings (SSSR count). The van der Waals surface area contributed by atoms with E-state index in [0.717, 1.165) is 35.8 Å². The van der Waals surface area contributed by atoms with Gasteiger partial charge in [0.2, 0.25) is 5.91 Å². The molecule has 0 N–H and O–H groups in total. The molecular weight excluding hydrogens is 274 g/mol. The van der Waals surface area contributed by atoms with Crippen molar-refractivity contribution in [3.05, 3.63) is 23.8 Å². The van der Waals surface area contributed by atoms with Crippen molar-refractivity contribution in [2.75, 3.05) is 26.5 Å². The van der Waals surface area contributed by atoms with Crippen molar-refractivity contribution in [3.63, 3.8) is 0 Å². The number of benzene rings is 1. The Morgan fingerprint density at radius 3 is 2.50 bits per heavy atom. The highest BCUT2D eigenvalue weighted by Gasteiger charge is 2.30. The SMILES string of the molecule is CCCC(=O)N1CCS[C@@H]1c1cc(OC)cc(OC)c1. The Hall–Kier alpha value is -1.36. The molecule has 0 spiro atoms. The van der Waals surface area contributed by atoms with Gasteiger partial charge in [-0.25, -0.2) is 0 Å². The average Bonchev–Trinajstić information content (AvgIpc) is 2.96. The average molecular weight is 295 g/mol. The van der Waals surface area contributed by atoms with Gasteiger partial charge in [0.05, 0.1) is 14.2 Å². The quantitative estimate of drug-likeness (QED) is 0.837. The van der Waals surface area contributed by atoms with Crippen LogP contribution in [0.4, 0.5) is 0 Å². The maximum absolute atomic E-state index is 12.2. The van der Waals surface area contributed by atoms with Gasteiger partial charge >= 0.3 is 0 Å². The van der Waals surface area contributed by atoms with E-state index < -0.39 is 0 Å². The summed E-state index contributed by atoms with van der Waals surface area (Å²) < 4.78 is 10.6. The Labute approximate surface area is 124 Å². The summed E-state index contributed by atoms with van der Waals surface area (Å²) in [4.78, 5) is 14.1. The molecule has 1 amide bonds. The number of rotatable bonds is 5. The van der Waals surface area contributed by atoms with E-state index in [4.69, 9.17) is 9.47 Å². The second kappa shape index (κ2) is 6.88. The number of carbonyl (C=O) groups is 1. The molecule has 1 saturated heterocycles. The Morgan fingerprint density at radius 1 is 1.30 bits per heavy atom.